The number of benzene rings is 1. The van der Waals surface area contributed by atoms with Crippen molar-refractivity contribution in [3.8, 4) is 11.5 Å². The van der Waals surface area contributed by atoms with Gasteiger partial charge in [-0.3, -0.25) is 4.90 Å². The van der Waals surface area contributed by atoms with E-state index < -0.39 is 0 Å². The van der Waals surface area contributed by atoms with Crippen molar-refractivity contribution in [3.63, 3.8) is 0 Å². The number of nitrogens with zero attached hydrogens (tertiary/aromatic N) is 5. The number of halogens is 1. The lowest BCUT2D eigenvalue weighted by molar-refractivity contribution is 0.139. The molecule has 138 valence electrons. The van der Waals surface area contributed by atoms with E-state index in [1.54, 1.807) is 0 Å². The van der Waals surface area contributed by atoms with Gasteiger partial charge in [0.25, 0.3) is 5.89 Å². The SMILES string of the molecule is Cc1ccccc1-c1nc(CN2CCNCC2c2nccn2C)no1.Cl. The number of imidazole rings is 1. The van der Waals surface area contributed by atoms with Gasteiger partial charge in [-0.25, -0.2) is 4.98 Å². The average molecular weight is 375 g/mol. The van der Waals surface area contributed by atoms with Crippen LogP contribution >= 0.6 is 12.4 Å². The van der Waals surface area contributed by atoms with Crippen LogP contribution in [-0.4, -0.2) is 44.2 Å². The molecule has 0 aliphatic carbocycles. The largest absolute Gasteiger partial charge is 0.337 e. The molecule has 1 saturated heterocycles. The van der Waals surface area contributed by atoms with Crippen molar-refractivity contribution < 1.29 is 4.52 Å². The maximum atomic E-state index is 5.50. The summed E-state index contributed by atoms with van der Waals surface area (Å²) in [7, 11) is 2.03. The predicted octanol–water partition coefficient (Wildman–Crippen LogP) is 2.35. The van der Waals surface area contributed by atoms with Crippen LogP contribution in [0.15, 0.2) is 41.2 Å². The third-order valence-corrected chi connectivity index (χ3v) is 4.70. The third-order valence-electron chi connectivity index (χ3n) is 4.70. The zero-order chi connectivity index (χ0) is 17.2. The molecule has 1 aromatic carbocycles. The van der Waals surface area contributed by atoms with Gasteiger partial charge < -0.3 is 14.4 Å². The van der Waals surface area contributed by atoms with Crippen LogP contribution in [0.3, 0.4) is 0 Å². The summed E-state index contributed by atoms with van der Waals surface area (Å²) in [4.78, 5) is 11.5. The summed E-state index contributed by atoms with van der Waals surface area (Å²) >= 11 is 0. The van der Waals surface area contributed by atoms with Crippen molar-refractivity contribution in [2.24, 2.45) is 7.05 Å². The van der Waals surface area contributed by atoms with E-state index in [4.69, 9.17) is 4.52 Å². The molecule has 3 heterocycles. The van der Waals surface area contributed by atoms with Crippen LogP contribution in [0.1, 0.15) is 23.3 Å². The maximum absolute atomic E-state index is 5.50. The first kappa shape index (κ1) is 18.6. The minimum Gasteiger partial charge on any atom is -0.337 e. The summed E-state index contributed by atoms with van der Waals surface area (Å²) in [5, 5.41) is 7.64. The van der Waals surface area contributed by atoms with Crippen molar-refractivity contribution >= 4 is 12.4 Å². The minimum absolute atomic E-state index is 0. The van der Waals surface area contributed by atoms with Gasteiger partial charge in [-0.15, -0.1) is 12.4 Å². The van der Waals surface area contributed by atoms with Crippen LogP contribution in [-0.2, 0) is 13.6 Å². The maximum Gasteiger partial charge on any atom is 0.258 e. The van der Waals surface area contributed by atoms with Gasteiger partial charge in [0, 0.05) is 44.6 Å². The molecule has 0 radical (unpaired) electrons. The van der Waals surface area contributed by atoms with Gasteiger partial charge in [0.1, 0.15) is 5.82 Å². The quantitative estimate of drug-likeness (QED) is 0.755. The van der Waals surface area contributed by atoms with Gasteiger partial charge in [-0.1, -0.05) is 23.4 Å². The Morgan fingerprint density at radius 1 is 1.31 bits per heavy atom. The molecule has 26 heavy (non-hydrogen) atoms. The Morgan fingerprint density at radius 2 is 2.15 bits per heavy atom. The van der Waals surface area contributed by atoms with Crippen molar-refractivity contribution in [1.82, 2.24) is 29.9 Å². The summed E-state index contributed by atoms with van der Waals surface area (Å²) < 4.78 is 7.57. The Morgan fingerprint density at radius 3 is 2.92 bits per heavy atom. The van der Waals surface area contributed by atoms with E-state index in [-0.39, 0.29) is 18.4 Å². The van der Waals surface area contributed by atoms with Crippen LogP contribution in [0.25, 0.3) is 11.5 Å². The highest BCUT2D eigenvalue weighted by molar-refractivity contribution is 5.85. The molecule has 0 bridgehead atoms. The van der Waals surface area contributed by atoms with Crippen LogP contribution in [0.5, 0.6) is 0 Å². The fourth-order valence-corrected chi connectivity index (χ4v) is 3.31. The Balaban J connectivity index is 0.00000196. The second kappa shape index (κ2) is 7.99. The molecule has 1 atom stereocenters. The molecular weight excluding hydrogens is 352 g/mol. The first-order chi connectivity index (χ1) is 12.2. The molecule has 1 fully saturated rings. The molecule has 3 aromatic rings. The van der Waals surface area contributed by atoms with Crippen molar-refractivity contribution in [1.29, 1.82) is 0 Å². The first-order valence-corrected chi connectivity index (χ1v) is 8.53. The Bertz CT molecular complexity index is 861. The Hall–Kier alpha value is -2.22. The van der Waals surface area contributed by atoms with Gasteiger partial charge in [-0.05, 0) is 18.6 Å². The van der Waals surface area contributed by atoms with Gasteiger partial charge >= 0.3 is 0 Å². The lowest BCUT2D eigenvalue weighted by atomic mass is 10.1. The summed E-state index contributed by atoms with van der Waals surface area (Å²) in [5.41, 5.74) is 2.12. The van der Waals surface area contributed by atoms with Crippen molar-refractivity contribution in [3.05, 3.63) is 53.9 Å². The minimum atomic E-state index is 0. The summed E-state index contributed by atoms with van der Waals surface area (Å²) in [6.07, 6.45) is 3.82. The third kappa shape index (κ3) is 3.65. The van der Waals surface area contributed by atoms with Gasteiger partial charge in [-0.2, -0.15) is 4.98 Å². The summed E-state index contributed by atoms with van der Waals surface area (Å²) in [5.74, 6) is 2.34. The standard InChI is InChI=1S/C18H22N6O.ClH/c1-13-5-3-4-6-14(13)18-21-16(22-25-18)12-24-10-7-19-11-15(24)17-20-8-9-23(17)2;/h3-6,8-9,15,19H,7,10-12H2,1-2H3;1H. The number of aromatic nitrogens is 4. The van der Waals surface area contributed by atoms with Crippen LogP contribution in [0, 0.1) is 6.92 Å². The monoisotopic (exact) mass is 374 g/mol. The Labute approximate surface area is 158 Å². The lowest BCUT2D eigenvalue weighted by Gasteiger charge is -2.34. The second-order valence-electron chi connectivity index (χ2n) is 6.42. The van der Waals surface area contributed by atoms with Gasteiger partial charge in [0.15, 0.2) is 5.82 Å². The first-order valence-electron chi connectivity index (χ1n) is 8.53. The fraction of sp³-hybridized carbons (Fsp3) is 0.389. The molecule has 0 spiro atoms. The van der Waals surface area contributed by atoms with Crippen molar-refractivity contribution in [2.75, 3.05) is 19.6 Å². The van der Waals surface area contributed by atoms with Crippen molar-refractivity contribution in [2.45, 2.75) is 19.5 Å². The zero-order valence-electron chi connectivity index (χ0n) is 14.9. The van der Waals surface area contributed by atoms with E-state index in [0.717, 1.165) is 36.6 Å². The molecule has 4 rings (SSSR count). The van der Waals surface area contributed by atoms with Gasteiger partial charge in [0.2, 0.25) is 0 Å². The van der Waals surface area contributed by atoms with Gasteiger partial charge in [0.05, 0.1) is 12.6 Å². The second-order valence-corrected chi connectivity index (χ2v) is 6.42. The zero-order valence-corrected chi connectivity index (χ0v) is 15.7. The molecule has 7 nitrogen and oxygen atoms in total. The Kier molecular flexibility index (Phi) is 5.70. The normalized spacial score (nSPS) is 17.8. The molecule has 0 saturated carbocycles. The molecular formula is C18H23ClN6O. The average Bonchev–Trinajstić information content (AvgIpc) is 3.25. The highest BCUT2D eigenvalue weighted by Gasteiger charge is 2.28. The summed E-state index contributed by atoms with van der Waals surface area (Å²) in [6.45, 7) is 5.43. The smallest absolute Gasteiger partial charge is 0.258 e. The predicted molar refractivity (Wildman–Crippen MR) is 101 cm³/mol. The van der Waals surface area contributed by atoms with Crippen LogP contribution < -0.4 is 5.32 Å². The molecule has 1 N–H and O–H groups in total. The van der Waals surface area contributed by atoms with E-state index >= 15 is 0 Å². The summed E-state index contributed by atoms with van der Waals surface area (Å²) in [6, 6.07) is 8.25. The van der Waals surface area contributed by atoms with E-state index in [1.807, 2.05) is 50.6 Å². The van der Waals surface area contributed by atoms with E-state index in [0.29, 0.717) is 18.3 Å². The molecule has 0 amide bonds. The lowest BCUT2D eigenvalue weighted by Crippen LogP contribution is -2.46. The molecule has 1 unspecified atom stereocenters. The number of piperazine rings is 1. The molecule has 1 aliphatic rings. The van der Waals surface area contributed by atoms with Crippen LogP contribution in [0.4, 0.5) is 0 Å². The molecule has 8 heteroatoms. The topological polar surface area (TPSA) is 72.0 Å². The molecule has 2 aromatic heterocycles. The highest BCUT2D eigenvalue weighted by atomic mass is 35.5. The van der Waals surface area contributed by atoms with E-state index in [1.165, 1.54) is 0 Å². The van der Waals surface area contributed by atoms with E-state index in [9.17, 15) is 0 Å². The molecule has 1 aliphatic heterocycles. The number of rotatable bonds is 4. The number of nitrogens with one attached hydrogen (secondary N) is 1. The van der Waals surface area contributed by atoms with E-state index in [2.05, 4.69) is 29.9 Å². The number of aryl methyl sites for hydroxylation is 2. The number of hydrogen-bond donors (Lipinski definition) is 1. The fourth-order valence-electron chi connectivity index (χ4n) is 3.31. The number of hydrogen-bond acceptors (Lipinski definition) is 6. The van der Waals surface area contributed by atoms with Crippen LogP contribution in [0.2, 0.25) is 0 Å². The highest BCUT2D eigenvalue weighted by Crippen LogP contribution is 2.24.